The van der Waals surface area contributed by atoms with E-state index in [1.165, 1.54) is 0 Å². The van der Waals surface area contributed by atoms with E-state index in [1.54, 1.807) is 0 Å². The van der Waals surface area contributed by atoms with Crippen LogP contribution in [0.4, 0.5) is 0 Å². The number of rotatable bonds is 6. The van der Waals surface area contributed by atoms with Gasteiger partial charge in [-0.1, -0.05) is 13.8 Å². The minimum absolute atomic E-state index is 0.559. The molecule has 1 aromatic heterocycles. The highest BCUT2D eigenvalue weighted by molar-refractivity contribution is 5.05. The van der Waals surface area contributed by atoms with Gasteiger partial charge in [-0.25, -0.2) is 0 Å². The topological polar surface area (TPSA) is 28.4 Å². The van der Waals surface area contributed by atoms with Crippen molar-refractivity contribution in [1.82, 2.24) is 10.2 Å². The van der Waals surface area contributed by atoms with Gasteiger partial charge in [-0.05, 0) is 26.1 Å². The Labute approximate surface area is 92.5 Å². The number of hydrogen-bond acceptors (Lipinski definition) is 3. The minimum Gasteiger partial charge on any atom is -0.465 e. The molecular weight excluding hydrogens is 188 g/mol. The monoisotopic (exact) mass is 210 g/mol. The maximum Gasteiger partial charge on any atom is 0.118 e. The minimum atomic E-state index is 0.559. The first kappa shape index (κ1) is 12.3. The van der Waals surface area contributed by atoms with Crippen LogP contribution < -0.4 is 5.32 Å². The molecule has 15 heavy (non-hydrogen) atoms. The predicted molar refractivity (Wildman–Crippen MR) is 62.9 cm³/mol. The Morgan fingerprint density at radius 3 is 2.67 bits per heavy atom. The van der Waals surface area contributed by atoms with E-state index in [0.29, 0.717) is 6.04 Å². The zero-order chi connectivity index (χ0) is 11.3. The summed E-state index contributed by atoms with van der Waals surface area (Å²) in [5.74, 6) is 2.03. The Bertz CT molecular complexity index is 281. The van der Waals surface area contributed by atoms with E-state index in [0.717, 1.165) is 31.2 Å². The van der Waals surface area contributed by atoms with Gasteiger partial charge >= 0.3 is 0 Å². The molecule has 0 radical (unpaired) electrons. The van der Waals surface area contributed by atoms with Crippen LogP contribution in [0.5, 0.6) is 0 Å². The number of hydrogen-bond donors (Lipinski definition) is 1. The lowest BCUT2D eigenvalue weighted by atomic mass is 10.3. The molecule has 3 nitrogen and oxygen atoms in total. The summed E-state index contributed by atoms with van der Waals surface area (Å²) >= 11 is 0. The Morgan fingerprint density at radius 2 is 2.13 bits per heavy atom. The number of aryl methyl sites for hydroxylation is 1. The van der Waals surface area contributed by atoms with E-state index in [2.05, 4.69) is 31.1 Å². The fourth-order valence-corrected chi connectivity index (χ4v) is 1.46. The molecule has 1 heterocycles. The highest BCUT2D eigenvalue weighted by Crippen LogP contribution is 2.07. The van der Waals surface area contributed by atoms with Crippen LogP contribution in [0, 0.1) is 6.92 Å². The van der Waals surface area contributed by atoms with E-state index in [1.807, 2.05) is 19.1 Å². The van der Waals surface area contributed by atoms with Crippen LogP contribution in [0.25, 0.3) is 0 Å². The smallest absolute Gasteiger partial charge is 0.118 e. The Balaban J connectivity index is 2.21. The molecule has 1 rings (SSSR count). The third kappa shape index (κ3) is 5.00. The second-order valence-electron chi connectivity index (χ2n) is 4.36. The molecule has 0 unspecified atom stereocenters. The van der Waals surface area contributed by atoms with Crippen molar-refractivity contribution in [3.63, 3.8) is 0 Å². The number of likely N-dealkylation sites (N-methyl/N-ethyl adjacent to an activating group) is 1. The third-order valence-electron chi connectivity index (χ3n) is 2.27. The van der Waals surface area contributed by atoms with E-state index >= 15 is 0 Å². The predicted octanol–water partition coefficient (Wildman–Crippen LogP) is 2.02. The SMILES string of the molecule is Cc1ccc(CN(C)CCNC(C)C)o1. The lowest BCUT2D eigenvalue weighted by Gasteiger charge is -2.16. The molecule has 0 fully saturated rings. The van der Waals surface area contributed by atoms with Gasteiger partial charge in [0, 0.05) is 19.1 Å². The molecule has 0 aliphatic heterocycles. The molecule has 1 aromatic rings. The molecular formula is C12H22N2O. The molecule has 0 amide bonds. The van der Waals surface area contributed by atoms with Crippen LogP contribution in [0.2, 0.25) is 0 Å². The standard InChI is InChI=1S/C12H22N2O/c1-10(2)13-7-8-14(4)9-12-6-5-11(3)15-12/h5-6,10,13H,7-9H2,1-4H3. The van der Waals surface area contributed by atoms with Crippen LogP contribution in [0.15, 0.2) is 16.5 Å². The fourth-order valence-electron chi connectivity index (χ4n) is 1.46. The first-order valence-corrected chi connectivity index (χ1v) is 5.55. The second kappa shape index (κ2) is 5.93. The van der Waals surface area contributed by atoms with Crippen LogP contribution in [-0.4, -0.2) is 31.1 Å². The van der Waals surface area contributed by atoms with Gasteiger partial charge in [0.15, 0.2) is 0 Å². The number of furan rings is 1. The molecule has 0 spiro atoms. The van der Waals surface area contributed by atoms with Gasteiger partial charge in [0.25, 0.3) is 0 Å². The quantitative estimate of drug-likeness (QED) is 0.778. The van der Waals surface area contributed by atoms with Crippen LogP contribution in [0.3, 0.4) is 0 Å². The van der Waals surface area contributed by atoms with E-state index in [9.17, 15) is 0 Å². The Kier molecular flexibility index (Phi) is 4.85. The average molecular weight is 210 g/mol. The fraction of sp³-hybridized carbons (Fsp3) is 0.667. The van der Waals surface area contributed by atoms with Crippen molar-refractivity contribution in [3.05, 3.63) is 23.7 Å². The molecule has 0 atom stereocenters. The van der Waals surface area contributed by atoms with Crippen molar-refractivity contribution in [2.45, 2.75) is 33.4 Å². The third-order valence-corrected chi connectivity index (χ3v) is 2.27. The lowest BCUT2D eigenvalue weighted by molar-refractivity contribution is 0.288. The van der Waals surface area contributed by atoms with Crippen LogP contribution in [-0.2, 0) is 6.54 Å². The molecule has 1 N–H and O–H groups in total. The van der Waals surface area contributed by atoms with E-state index < -0.39 is 0 Å². The van der Waals surface area contributed by atoms with Crippen molar-refractivity contribution >= 4 is 0 Å². The van der Waals surface area contributed by atoms with Crippen molar-refractivity contribution in [2.24, 2.45) is 0 Å². The van der Waals surface area contributed by atoms with Crippen molar-refractivity contribution in [2.75, 3.05) is 20.1 Å². The molecule has 86 valence electrons. The van der Waals surface area contributed by atoms with Gasteiger partial charge in [-0.2, -0.15) is 0 Å². The molecule has 0 saturated heterocycles. The molecule has 0 bridgehead atoms. The van der Waals surface area contributed by atoms with Crippen molar-refractivity contribution < 1.29 is 4.42 Å². The van der Waals surface area contributed by atoms with Gasteiger partial charge in [-0.3, -0.25) is 4.90 Å². The summed E-state index contributed by atoms with van der Waals surface area (Å²) in [6, 6.07) is 4.61. The maximum absolute atomic E-state index is 5.52. The second-order valence-corrected chi connectivity index (χ2v) is 4.36. The molecule has 0 aliphatic carbocycles. The summed E-state index contributed by atoms with van der Waals surface area (Å²) in [7, 11) is 2.11. The lowest BCUT2D eigenvalue weighted by Crippen LogP contribution is -2.32. The summed E-state index contributed by atoms with van der Waals surface area (Å²) in [6.07, 6.45) is 0. The highest BCUT2D eigenvalue weighted by Gasteiger charge is 2.03. The summed E-state index contributed by atoms with van der Waals surface area (Å²) in [5.41, 5.74) is 0. The van der Waals surface area contributed by atoms with Gasteiger partial charge in [-0.15, -0.1) is 0 Å². The first-order valence-electron chi connectivity index (χ1n) is 5.55. The van der Waals surface area contributed by atoms with Gasteiger partial charge < -0.3 is 9.73 Å². The van der Waals surface area contributed by atoms with Crippen molar-refractivity contribution in [3.8, 4) is 0 Å². The first-order chi connectivity index (χ1) is 7.08. The molecule has 0 aliphatic rings. The summed E-state index contributed by atoms with van der Waals surface area (Å²) in [4.78, 5) is 2.26. The van der Waals surface area contributed by atoms with Crippen LogP contribution >= 0.6 is 0 Å². The summed E-state index contributed by atoms with van der Waals surface area (Å²) < 4.78 is 5.52. The summed E-state index contributed by atoms with van der Waals surface area (Å²) in [5, 5.41) is 3.40. The van der Waals surface area contributed by atoms with Gasteiger partial charge in [0.05, 0.1) is 6.54 Å². The largest absolute Gasteiger partial charge is 0.465 e. The molecule has 0 aromatic carbocycles. The van der Waals surface area contributed by atoms with Crippen LogP contribution in [0.1, 0.15) is 25.4 Å². The normalized spacial score (nSPS) is 11.6. The van der Waals surface area contributed by atoms with Gasteiger partial charge in [0.1, 0.15) is 11.5 Å². The molecule has 0 saturated carbocycles. The summed E-state index contributed by atoms with van der Waals surface area (Å²) in [6.45, 7) is 9.25. The maximum atomic E-state index is 5.52. The van der Waals surface area contributed by atoms with Crippen molar-refractivity contribution in [1.29, 1.82) is 0 Å². The number of nitrogens with one attached hydrogen (secondary N) is 1. The zero-order valence-electron chi connectivity index (χ0n) is 10.2. The Morgan fingerprint density at radius 1 is 1.40 bits per heavy atom. The van der Waals surface area contributed by atoms with E-state index in [4.69, 9.17) is 4.42 Å². The highest BCUT2D eigenvalue weighted by atomic mass is 16.3. The number of nitrogens with zero attached hydrogens (tertiary/aromatic N) is 1. The Hall–Kier alpha value is -0.800. The average Bonchev–Trinajstić information content (AvgIpc) is 2.50. The van der Waals surface area contributed by atoms with E-state index in [-0.39, 0.29) is 0 Å². The molecule has 3 heteroatoms. The van der Waals surface area contributed by atoms with Gasteiger partial charge in [0.2, 0.25) is 0 Å². The zero-order valence-corrected chi connectivity index (χ0v) is 10.2.